The molecule has 0 unspecified atom stereocenters. The fraction of sp³-hybridized carbons (Fsp3) is 0.346. The Morgan fingerprint density at radius 2 is 1.74 bits per heavy atom. The highest BCUT2D eigenvalue weighted by Gasteiger charge is 2.17. The highest BCUT2D eigenvalue weighted by Crippen LogP contribution is 2.35. The van der Waals surface area contributed by atoms with E-state index in [0.29, 0.717) is 47.1 Å². The summed E-state index contributed by atoms with van der Waals surface area (Å²) in [5.41, 5.74) is 2.97. The smallest absolute Gasteiger partial charge is 0.319 e. The zero-order valence-corrected chi connectivity index (χ0v) is 22.6. The monoisotopic (exact) mass is 541 g/mol. The lowest BCUT2D eigenvalue weighted by atomic mass is 10.2. The quantitative estimate of drug-likeness (QED) is 0.296. The van der Waals surface area contributed by atoms with Crippen LogP contribution in [0.25, 0.3) is 0 Å². The summed E-state index contributed by atoms with van der Waals surface area (Å²) in [6.07, 6.45) is 1.51. The lowest BCUT2D eigenvalue weighted by Crippen LogP contribution is -2.36. The maximum absolute atomic E-state index is 12.0. The molecular weight excluding hydrogens is 510 g/mol. The van der Waals surface area contributed by atoms with Gasteiger partial charge in [0.2, 0.25) is 5.95 Å². The largest absolute Gasteiger partial charge is 0.495 e. The van der Waals surface area contributed by atoms with Gasteiger partial charge in [0, 0.05) is 42.6 Å². The number of anilines is 6. The van der Waals surface area contributed by atoms with Crippen LogP contribution >= 0.6 is 11.6 Å². The van der Waals surface area contributed by atoms with Crippen LogP contribution in [0.4, 0.5) is 39.3 Å². The summed E-state index contributed by atoms with van der Waals surface area (Å²) < 4.78 is 16.6. The Hall–Kier alpha value is -3.96. The Kier molecular flexibility index (Phi) is 8.93. The average Bonchev–Trinajstić information content (AvgIpc) is 2.91. The van der Waals surface area contributed by atoms with E-state index in [2.05, 4.69) is 36.1 Å². The van der Waals surface area contributed by atoms with Crippen molar-refractivity contribution in [3.05, 3.63) is 47.6 Å². The van der Waals surface area contributed by atoms with Gasteiger partial charge in [-0.05, 0) is 38.1 Å². The molecule has 0 radical (unpaired) electrons. The number of carbonyl (C=O) groups is 1. The van der Waals surface area contributed by atoms with Crippen molar-refractivity contribution in [2.75, 3.05) is 61.4 Å². The highest BCUT2D eigenvalue weighted by atomic mass is 35.5. The van der Waals surface area contributed by atoms with Gasteiger partial charge in [0.25, 0.3) is 0 Å². The van der Waals surface area contributed by atoms with Crippen molar-refractivity contribution in [3.8, 4) is 11.5 Å². The number of aromatic nitrogens is 2. The topological polar surface area (TPSA) is 122 Å². The van der Waals surface area contributed by atoms with Crippen LogP contribution in [-0.2, 0) is 4.74 Å². The molecule has 0 atom stereocenters. The van der Waals surface area contributed by atoms with E-state index in [4.69, 9.17) is 25.8 Å². The summed E-state index contributed by atoms with van der Waals surface area (Å²) in [7, 11) is 3.19. The number of nitrogens with zero attached hydrogens (tertiary/aromatic N) is 3. The Morgan fingerprint density at radius 3 is 2.45 bits per heavy atom. The van der Waals surface area contributed by atoms with Gasteiger partial charge in [0.1, 0.15) is 16.5 Å². The minimum absolute atomic E-state index is 0.0199. The van der Waals surface area contributed by atoms with E-state index >= 15 is 0 Å². The Labute approximate surface area is 226 Å². The number of rotatable bonds is 9. The van der Waals surface area contributed by atoms with Crippen LogP contribution in [-0.4, -0.2) is 62.6 Å². The molecule has 4 N–H and O–H groups in total. The average molecular weight is 542 g/mol. The van der Waals surface area contributed by atoms with E-state index in [-0.39, 0.29) is 12.1 Å². The van der Waals surface area contributed by atoms with Crippen LogP contribution in [0, 0.1) is 0 Å². The zero-order valence-electron chi connectivity index (χ0n) is 21.8. The summed E-state index contributed by atoms with van der Waals surface area (Å²) in [5.74, 6) is 1.98. The predicted octanol–water partition coefficient (Wildman–Crippen LogP) is 5.00. The number of amides is 2. The molecule has 1 aromatic heterocycles. The van der Waals surface area contributed by atoms with E-state index in [1.54, 1.807) is 32.4 Å². The molecule has 202 valence electrons. The van der Waals surface area contributed by atoms with Gasteiger partial charge in [0.05, 0.1) is 45.0 Å². The fourth-order valence-electron chi connectivity index (χ4n) is 3.89. The van der Waals surface area contributed by atoms with Crippen molar-refractivity contribution >= 4 is 52.1 Å². The second-order valence-corrected chi connectivity index (χ2v) is 9.20. The Balaban J connectivity index is 1.50. The molecule has 0 spiro atoms. The number of halogens is 1. The molecule has 1 aliphatic rings. The summed E-state index contributed by atoms with van der Waals surface area (Å²) >= 11 is 6.40. The van der Waals surface area contributed by atoms with Crippen molar-refractivity contribution in [1.29, 1.82) is 0 Å². The molecule has 2 heterocycles. The number of hydrogen-bond donors (Lipinski definition) is 4. The number of benzene rings is 2. The van der Waals surface area contributed by atoms with Gasteiger partial charge in [-0.2, -0.15) is 4.98 Å². The number of ether oxygens (including phenoxy) is 3. The number of carbonyl (C=O) groups excluding carboxylic acids is 1. The van der Waals surface area contributed by atoms with Crippen LogP contribution in [0.15, 0.2) is 42.6 Å². The summed E-state index contributed by atoms with van der Waals surface area (Å²) in [4.78, 5) is 23.1. The van der Waals surface area contributed by atoms with Crippen molar-refractivity contribution in [1.82, 2.24) is 15.3 Å². The molecule has 2 aromatic carbocycles. The third-order valence-corrected chi connectivity index (χ3v) is 5.94. The second kappa shape index (κ2) is 12.5. The number of hydrogen-bond acceptors (Lipinski definition) is 9. The molecular formula is C26H32ClN7O4. The number of methoxy groups -OCH3 is 2. The van der Waals surface area contributed by atoms with Crippen LogP contribution < -0.4 is 35.6 Å². The summed E-state index contributed by atoms with van der Waals surface area (Å²) in [5, 5.41) is 12.3. The van der Waals surface area contributed by atoms with E-state index in [9.17, 15) is 4.79 Å². The molecule has 3 aromatic rings. The molecule has 4 rings (SSSR count). The molecule has 0 saturated carbocycles. The lowest BCUT2D eigenvalue weighted by molar-refractivity contribution is 0.122. The standard InChI is InChI=1S/C26H32ClN7O4/c1-16(2)29-26(35)31-18-5-7-20(22(13-18)36-3)32-25-28-15-19(27)24(33-25)30-17-6-8-21(23(14-17)37-4)34-9-11-38-12-10-34/h5-8,13-16H,9-12H2,1-4H3,(H2,29,31,35)(H2,28,30,32,33). The SMILES string of the molecule is COc1cc(NC(=O)NC(C)C)ccc1Nc1ncc(Cl)c(Nc2ccc(N3CCOCC3)c(OC)c2)n1. The van der Waals surface area contributed by atoms with Gasteiger partial charge in [-0.3, -0.25) is 0 Å². The van der Waals surface area contributed by atoms with Crippen LogP contribution in [0.5, 0.6) is 11.5 Å². The van der Waals surface area contributed by atoms with Crippen molar-refractivity contribution < 1.29 is 19.0 Å². The predicted molar refractivity (Wildman–Crippen MR) is 150 cm³/mol. The Bertz CT molecular complexity index is 1270. The molecule has 1 fully saturated rings. The maximum atomic E-state index is 12.0. The first kappa shape index (κ1) is 27.1. The molecule has 2 amide bonds. The molecule has 1 saturated heterocycles. The van der Waals surface area contributed by atoms with Crippen LogP contribution in [0.2, 0.25) is 5.02 Å². The summed E-state index contributed by atoms with van der Waals surface area (Å²) in [6, 6.07) is 10.8. The van der Waals surface area contributed by atoms with Crippen molar-refractivity contribution in [2.24, 2.45) is 0 Å². The third-order valence-electron chi connectivity index (χ3n) is 5.66. The fourth-order valence-corrected chi connectivity index (χ4v) is 4.03. The van der Waals surface area contributed by atoms with Gasteiger partial charge < -0.3 is 40.4 Å². The minimum Gasteiger partial charge on any atom is -0.495 e. The first-order valence-corrected chi connectivity index (χ1v) is 12.6. The first-order valence-electron chi connectivity index (χ1n) is 12.2. The zero-order chi connectivity index (χ0) is 27.1. The number of nitrogens with one attached hydrogen (secondary N) is 4. The van der Waals surface area contributed by atoms with E-state index in [0.717, 1.165) is 30.2 Å². The van der Waals surface area contributed by atoms with Gasteiger partial charge in [-0.25, -0.2) is 9.78 Å². The molecule has 11 nitrogen and oxygen atoms in total. The maximum Gasteiger partial charge on any atom is 0.319 e. The molecule has 38 heavy (non-hydrogen) atoms. The van der Waals surface area contributed by atoms with Crippen molar-refractivity contribution in [2.45, 2.75) is 19.9 Å². The van der Waals surface area contributed by atoms with Gasteiger partial charge in [-0.1, -0.05) is 11.6 Å². The normalized spacial score (nSPS) is 13.2. The molecule has 1 aliphatic heterocycles. The van der Waals surface area contributed by atoms with Gasteiger partial charge in [0.15, 0.2) is 5.82 Å². The number of morpholine rings is 1. The molecule has 0 bridgehead atoms. The molecule has 12 heteroatoms. The van der Waals surface area contributed by atoms with E-state index < -0.39 is 0 Å². The van der Waals surface area contributed by atoms with Crippen LogP contribution in [0.3, 0.4) is 0 Å². The molecule has 0 aliphatic carbocycles. The Morgan fingerprint density at radius 1 is 1.03 bits per heavy atom. The minimum atomic E-state index is -0.297. The first-order chi connectivity index (χ1) is 18.4. The van der Waals surface area contributed by atoms with Crippen molar-refractivity contribution in [3.63, 3.8) is 0 Å². The van der Waals surface area contributed by atoms with Crippen LogP contribution in [0.1, 0.15) is 13.8 Å². The van der Waals surface area contributed by atoms with Gasteiger partial charge >= 0.3 is 6.03 Å². The van der Waals surface area contributed by atoms with E-state index in [1.165, 1.54) is 6.20 Å². The number of urea groups is 1. The van der Waals surface area contributed by atoms with Gasteiger partial charge in [-0.15, -0.1) is 0 Å². The second-order valence-electron chi connectivity index (χ2n) is 8.79. The lowest BCUT2D eigenvalue weighted by Gasteiger charge is -2.30. The highest BCUT2D eigenvalue weighted by molar-refractivity contribution is 6.32. The van der Waals surface area contributed by atoms with E-state index in [1.807, 2.05) is 32.0 Å². The third kappa shape index (κ3) is 6.87. The summed E-state index contributed by atoms with van der Waals surface area (Å²) in [6.45, 7) is 6.77.